The van der Waals surface area contributed by atoms with Crippen LogP contribution in [0.4, 0.5) is 13.6 Å². The van der Waals surface area contributed by atoms with Crippen molar-refractivity contribution in [1.82, 2.24) is 9.80 Å². The Hall–Kier alpha value is -2.71. The van der Waals surface area contributed by atoms with Gasteiger partial charge >= 0.3 is 12.1 Å². The van der Waals surface area contributed by atoms with E-state index in [9.17, 15) is 18.4 Å². The second-order valence-electron chi connectivity index (χ2n) is 10.6. The Morgan fingerprint density at radius 2 is 1.66 bits per heavy atom. The monoisotopic (exact) mass is 550 g/mol. The van der Waals surface area contributed by atoms with E-state index in [2.05, 4.69) is 4.90 Å². The Morgan fingerprint density at radius 3 is 2.29 bits per heavy atom. The maximum atomic E-state index is 13.9. The minimum atomic E-state index is -0.933. The number of esters is 1. The summed E-state index contributed by atoms with van der Waals surface area (Å²) in [6, 6.07) is 13.1. The maximum Gasteiger partial charge on any atom is 0.411 e. The second-order valence-corrected chi connectivity index (χ2v) is 10.6. The molecule has 2 aromatic rings. The molecule has 6 nitrogen and oxygen atoms in total. The first-order chi connectivity index (χ1) is 17.7. The number of cyclic esters (lactones) is 1. The summed E-state index contributed by atoms with van der Waals surface area (Å²) >= 11 is 0. The molecule has 0 aromatic heterocycles. The van der Waals surface area contributed by atoms with Crippen LogP contribution in [0.2, 0.25) is 0 Å². The van der Waals surface area contributed by atoms with Gasteiger partial charge in [-0.25, -0.2) is 13.6 Å². The number of likely N-dealkylation sites (tertiary alicyclic amines) is 1. The zero-order valence-corrected chi connectivity index (χ0v) is 23.1. The van der Waals surface area contributed by atoms with Crippen LogP contribution in [0.15, 0.2) is 48.5 Å². The quantitative estimate of drug-likeness (QED) is 0.281. The van der Waals surface area contributed by atoms with E-state index in [-0.39, 0.29) is 18.4 Å². The minimum Gasteiger partial charge on any atom is -0.468 e. The third-order valence-corrected chi connectivity index (χ3v) is 7.80. The molecule has 0 aliphatic carbocycles. The molecular formula is C29H37ClF2N2O4. The average Bonchev–Trinajstić information content (AvgIpc) is 3.13. The van der Waals surface area contributed by atoms with Gasteiger partial charge < -0.3 is 14.4 Å². The third kappa shape index (κ3) is 6.12. The van der Waals surface area contributed by atoms with E-state index in [0.29, 0.717) is 24.9 Å². The Balaban J connectivity index is 0.00000400. The highest BCUT2D eigenvalue weighted by Gasteiger charge is 2.48. The number of carbonyl (C=O) groups is 2. The highest BCUT2D eigenvalue weighted by Crippen LogP contribution is 2.41. The molecule has 2 fully saturated rings. The smallest absolute Gasteiger partial charge is 0.411 e. The predicted molar refractivity (Wildman–Crippen MR) is 143 cm³/mol. The molecule has 0 bridgehead atoms. The number of amides is 1. The zero-order chi connectivity index (χ0) is 26.6. The lowest BCUT2D eigenvalue weighted by Gasteiger charge is -2.40. The number of benzene rings is 2. The van der Waals surface area contributed by atoms with Crippen LogP contribution in [0, 0.1) is 11.6 Å². The highest BCUT2D eigenvalue weighted by atomic mass is 35.5. The fourth-order valence-electron chi connectivity index (χ4n) is 5.82. The van der Waals surface area contributed by atoms with Crippen LogP contribution < -0.4 is 0 Å². The van der Waals surface area contributed by atoms with Crippen LogP contribution in [0.1, 0.15) is 63.1 Å². The van der Waals surface area contributed by atoms with Crippen LogP contribution in [-0.2, 0) is 19.7 Å². The molecule has 2 aromatic carbocycles. The van der Waals surface area contributed by atoms with E-state index in [1.54, 1.807) is 18.7 Å². The molecule has 9 heteroatoms. The number of ether oxygens (including phenoxy) is 2. The van der Waals surface area contributed by atoms with Gasteiger partial charge in [-0.1, -0.05) is 42.8 Å². The van der Waals surface area contributed by atoms with Crippen molar-refractivity contribution in [2.45, 2.75) is 63.0 Å². The fraction of sp³-hybridized carbons (Fsp3) is 0.517. The van der Waals surface area contributed by atoms with Crippen molar-refractivity contribution in [3.05, 3.63) is 71.3 Å². The van der Waals surface area contributed by atoms with Crippen molar-refractivity contribution in [3.63, 3.8) is 0 Å². The highest BCUT2D eigenvalue weighted by molar-refractivity contribution is 5.85. The van der Waals surface area contributed by atoms with Crippen molar-refractivity contribution < 1.29 is 27.8 Å². The number of piperidine rings is 1. The fourth-order valence-corrected chi connectivity index (χ4v) is 5.82. The first-order valence-electron chi connectivity index (χ1n) is 13.0. The Labute approximate surface area is 229 Å². The molecule has 0 radical (unpaired) electrons. The van der Waals surface area contributed by atoms with Gasteiger partial charge in [0.05, 0.1) is 18.6 Å². The molecule has 2 saturated heterocycles. The molecule has 0 spiro atoms. The van der Waals surface area contributed by atoms with E-state index >= 15 is 0 Å². The molecule has 1 unspecified atom stereocenters. The van der Waals surface area contributed by atoms with Crippen LogP contribution >= 0.6 is 12.4 Å². The summed E-state index contributed by atoms with van der Waals surface area (Å²) in [5.74, 6) is -2.02. The van der Waals surface area contributed by atoms with Crippen LogP contribution in [-0.4, -0.2) is 60.8 Å². The van der Waals surface area contributed by atoms with E-state index in [4.69, 9.17) is 9.47 Å². The number of nitrogens with zero attached hydrogens (tertiary/aromatic N) is 2. The van der Waals surface area contributed by atoms with Crippen LogP contribution in [0.25, 0.3) is 0 Å². The van der Waals surface area contributed by atoms with Crippen molar-refractivity contribution in [2.24, 2.45) is 0 Å². The van der Waals surface area contributed by atoms with Crippen LogP contribution in [0.3, 0.4) is 0 Å². The predicted octanol–water partition coefficient (Wildman–Crippen LogP) is 6.04. The van der Waals surface area contributed by atoms with Gasteiger partial charge in [0.25, 0.3) is 0 Å². The number of halogens is 3. The topological polar surface area (TPSA) is 59.1 Å². The molecule has 0 N–H and O–H groups in total. The van der Waals surface area contributed by atoms with Crippen molar-refractivity contribution in [1.29, 1.82) is 0 Å². The summed E-state index contributed by atoms with van der Waals surface area (Å²) < 4.78 is 38.1. The molecule has 4 rings (SSSR count). The first kappa shape index (κ1) is 29.8. The molecule has 1 amide bonds. The number of hydrogen-bond acceptors (Lipinski definition) is 5. The van der Waals surface area contributed by atoms with Gasteiger partial charge in [-0.15, -0.1) is 12.4 Å². The Kier molecular flexibility index (Phi) is 9.76. The largest absolute Gasteiger partial charge is 0.468 e. The maximum absolute atomic E-state index is 13.9. The van der Waals surface area contributed by atoms with Gasteiger partial charge in [0.1, 0.15) is 5.60 Å². The zero-order valence-electron chi connectivity index (χ0n) is 22.3. The van der Waals surface area contributed by atoms with Crippen molar-refractivity contribution >= 4 is 24.5 Å². The van der Waals surface area contributed by atoms with E-state index in [0.717, 1.165) is 56.6 Å². The van der Waals surface area contributed by atoms with E-state index in [1.165, 1.54) is 13.2 Å². The molecule has 208 valence electrons. The number of hydrogen-bond donors (Lipinski definition) is 0. The van der Waals surface area contributed by atoms with Gasteiger partial charge in [-0.2, -0.15) is 0 Å². The van der Waals surface area contributed by atoms with E-state index in [1.807, 2.05) is 30.3 Å². The average molecular weight is 551 g/mol. The molecule has 1 atom stereocenters. The summed E-state index contributed by atoms with van der Waals surface area (Å²) in [4.78, 5) is 29.3. The van der Waals surface area contributed by atoms with Gasteiger partial charge in [-0.3, -0.25) is 9.69 Å². The molecule has 2 aliphatic rings. The number of unbranched alkanes of at least 4 members (excludes halogenated alkanes) is 2. The molecule has 2 heterocycles. The number of methoxy groups -OCH3 is 1. The van der Waals surface area contributed by atoms with Crippen molar-refractivity contribution in [2.75, 3.05) is 33.3 Å². The molecule has 0 saturated carbocycles. The lowest BCUT2D eigenvalue weighted by Crippen LogP contribution is -2.48. The summed E-state index contributed by atoms with van der Waals surface area (Å²) in [5, 5.41) is 0. The summed E-state index contributed by atoms with van der Waals surface area (Å²) in [5.41, 5.74) is 0.0951. The summed E-state index contributed by atoms with van der Waals surface area (Å²) in [6.07, 6.45) is 3.64. The Morgan fingerprint density at radius 1 is 1.00 bits per heavy atom. The van der Waals surface area contributed by atoms with Gasteiger partial charge in [0, 0.05) is 6.54 Å². The Bertz CT molecular complexity index is 1110. The molecular weight excluding hydrogens is 514 g/mol. The number of carbonyl (C=O) groups excluding carboxylic acids is 2. The van der Waals surface area contributed by atoms with Gasteiger partial charge in [-0.05, 0) is 82.4 Å². The number of rotatable bonds is 9. The van der Waals surface area contributed by atoms with Crippen molar-refractivity contribution in [3.8, 4) is 0 Å². The minimum absolute atomic E-state index is 0. The summed E-state index contributed by atoms with van der Waals surface area (Å²) in [7, 11) is 1.45. The van der Waals surface area contributed by atoms with E-state index < -0.39 is 34.8 Å². The summed E-state index contributed by atoms with van der Waals surface area (Å²) in [6.45, 7) is 6.59. The SMILES string of the molecule is COC(=O)C1(c2ccccc2)CCN(CCCCCN2C(=O)OC(C)(C)C2c2ccc(F)c(F)c2)CC1.Cl. The molecule has 2 aliphatic heterocycles. The lowest BCUT2D eigenvalue weighted by atomic mass is 9.72. The molecule has 38 heavy (non-hydrogen) atoms. The van der Waals surface area contributed by atoms with Gasteiger partial charge in [0.2, 0.25) is 0 Å². The lowest BCUT2D eigenvalue weighted by molar-refractivity contribution is -0.149. The first-order valence-corrected chi connectivity index (χ1v) is 13.0. The van der Waals surface area contributed by atoms with Gasteiger partial charge in [0.15, 0.2) is 11.6 Å². The third-order valence-electron chi connectivity index (χ3n) is 7.80. The van der Waals surface area contributed by atoms with Crippen LogP contribution in [0.5, 0.6) is 0 Å². The standard InChI is InChI=1S/C29H36F2N2O4.ClH/c1-28(2)25(21-12-13-23(30)24(31)20-21)33(27(35)37-28)17-9-5-8-16-32-18-14-29(15-19-32,26(34)36-3)22-10-6-4-7-11-22;/h4,6-7,10-13,20,25H,5,8-9,14-19H2,1-3H3;1H. The normalized spacial score (nSPS) is 20.5. The second kappa shape index (κ2) is 12.4.